The van der Waals surface area contributed by atoms with Gasteiger partial charge in [-0.15, -0.1) is 12.4 Å². The third-order valence-corrected chi connectivity index (χ3v) is 4.05. The van der Waals surface area contributed by atoms with Gasteiger partial charge in [-0.3, -0.25) is 4.79 Å². The zero-order valence-corrected chi connectivity index (χ0v) is 14.2. The fourth-order valence-electron chi connectivity index (χ4n) is 2.69. The smallest absolute Gasteiger partial charge is 0.251 e. The molecular formula is C16H25ClN2O3. The summed E-state index contributed by atoms with van der Waals surface area (Å²) in [4.78, 5) is 12.3. The Bertz CT molecular complexity index is 490. The van der Waals surface area contributed by atoms with Gasteiger partial charge >= 0.3 is 0 Å². The van der Waals surface area contributed by atoms with E-state index in [-0.39, 0.29) is 24.4 Å². The molecule has 2 atom stereocenters. The molecular weight excluding hydrogens is 304 g/mol. The maximum atomic E-state index is 12.3. The highest BCUT2D eigenvalue weighted by molar-refractivity contribution is 5.95. The van der Waals surface area contributed by atoms with Crippen LogP contribution in [0.4, 0.5) is 0 Å². The van der Waals surface area contributed by atoms with E-state index in [4.69, 9.17) is 9.47 Å². The molecule has 1 heterocycles. The van der Waals surface area contributed by atoms with E-state index in [2.05, 4.69) is 17.6 Å². The Balaban J connectivity index is 0.00000242. The van der Waals surface area contributed by atoms with Crippen molar-refractivity contribution in [3.8, 4) is 11.5 Å². The van der Waals surface area contributed by atoms with Crippen molar-refractivity contribution in [3.05, 3.63) is 23.8 Å². The predicted octanol–water partition coefficient (Wildman–Crippen LogP) is 2.24. The van der Waals surface area contributed by atoms with E-state index >= 15 is 0 Å². The Morgan fingerprint density at radius 3 is 2.64 bits per heavy atom. The quantitative estimate of drug-likeness (QED) is 0.870. The van der Waals surface area contributed by atoms with Crippen LogP contribution in [0.1, 0.15) is 30.1 Å². The highest BCUT2D eigenvalue weighted by atomic mass is 35.5. The van der Waals surface area contributed by atoms with Gasteiger partial charge in [0.25, 0.3) is 5.91 Å². The first-order valence-corrected chi connectivity index (χ1v) is 7.39. The molecule has 1 aromatic carbocycles. The minimum Gasteiger partial charge on any atom is -0.493 e. The molecule has 0 spiro atoms. The van der Waals surface area contributed by atoms with E-state index in [0.717, 1.165) is 19.5 Å². The van der Waals surface area contributed by atoms with E-state index < -0.39 is 0 Å². The lowest BCUT2D eigenvalue weighted by Gasteiger charge is -2.29. The lowest BCUT2D eigenvalue weighted by Crippen LogP contribution is -2.44. The molecule has 2 N–H and O–H groups in total. The maximum Gasteiger partial charge on any atom is 0.251 e. The van der Waals surface area contributed by atoms with E-state index in [1.165, 1.54) is 6.42 Å². The monoisotopic (exact) mass is 328 g/mol. The fraction of sp³-hybridized carbons (Fsp3) is 0.562. The van der Waals surface area contributed by atoms with E-state index in [1.54, 1.807) is 32.4 Å². The molecule has 0 radical (unpaired) electrons. The number of hydrogen-bond donors (Lipinski definition) is 2. The fourth-order valence-corrected chi connectivity index (χ4v) is 2.69. The molecule has 0 bridgehead atoms. The average molecular weight is 329 g/mol. The number of hydrogen-bond acceptors (Lipinski definition) is 4. The molecule has 0 aliphatic carbocycles. The molecule has 1 aromatic rings. The summed E-state index contributed by atoms with van der Waals surface area (Å²) in [5.74, 6) is 1.60. The molecule has 1 aliphatic rings. The average Bonchev–Trinajstić information content (AvgIpc) is 2.54. The Hall–Kier alpha value is -1.46. The van der Waals surface area contributed by atoms with Crippen molar-refractivity contribution in [1.29, 1.82) is 0 Å². The number of methoxy groups -OCH3 is 2. The molecule has 1 amide bonds. The first kappa shape index (κ1) is 18.6. The highest BCUT2D eigenvalue weighted by Crippen LogP contribution is 2.27. The van der Waals surface area contributed by atoms with E-state index in [9.17, 15) is 4.79 Å². The van der Waals surface area contributed by atoms with Crippen molar-refractivity contribution in [2.24, 2.45) is 5.92 Å². The van der Waals surface area contributed by atoms with Gasteiger partial charge in [0.1, 0.15) is 0 Å². The number of piperidine rings is 1. The van der Waals surface area contributed by atoms with Crippen molar-refractivity contribution in [3.63, 3.8) is 0 Å². The van der Waals surface area contributed by atoms with Gasteiger partial charge in [0, 0.05) is 11.6 Å². The largest absolute Gasteiger partial charge is 0.493 e. The van der Waals surface area contributed by atoms with Crippen LogP contribution in [0.5, 0.6) is 11.5 Å². The van der Waals surface area contributed by atoms with Crippen molar-refractivity contribution in [2.75, 3.05) is 27.3 Å². The summed E-state index contributed by atoms with van der Waals surface area (Å²) in [7, 11) is 3.14. The minimum atomic E-state index is -0.0750. The van der Waals surface area contributed by atoms with Crippen molar-refractivity contribution < 1.29 is 14.3 Å². The minimum absolute atomic E-state index is 0. The molecule has 124 valence electrons. The van der Waals surface area contributed by atoms with Gasteiger partial charge in [-0.1, -0.05) is 0 Å². The molecule has 1 fully saturated rings. The molecule has 2 rings (SSSR count). The van der Waals surface area contributed by atoms with Gasteiger partial charge in [0.15, 0.2) is 11.5 Å². The van der Waals surface area contributed by atoms with Crippen LogP contribution >= 0.6 is 12.4 Å². The molecule has 2 unspecified atom stereocenters. The second-order valence-electron chi connectivity index (χ2n) is 5.44. The number of benzene rings is 1. The van der Waals surface area contributed by atoms with Crippen molar-refractivity contribution in [2.45, 2.75) is 25.8 Å². The van der Waals surface area contributed by atoms with Crippen LogP contribution < -0.4 is 20.1 Å². The highest BCUT2D eigenvalue weighted by Gasteiger charge is 2.22. The summed E-state index contributed by atoms with van der Waals surface area (Å²) in [6.07, 6.45) is 2.32. The zero-order chi connectivity index (χ0) is 15.2. The summed E-state index contributed by atoms with van der Waals surface area (Å²) >= 11 is 0. The molecule has 1 saturated heterocycles. The van der Waals surface area contributed by atoms with Gasteiger partial charge in [-0.05, 0) is 57.0 Å². The maximum absolute atomic E-state index is 12.3. The molecule has 1 aliphatic heterocycles. The molecule has 6 heteroatoms. The topological polar surface area (TPSA) is 59.6 Å². The Kier molecular flexibility index (Phi) is 7.48. The van der Waals surface area contributed by atoms with E-state index in [0.29, 0.717) is 23.0 Å². The van der Waals surface area contributed by atoms with E-state index in [1.807, 2.05) is 0 Å². The summed E-state index contributed by atoms with van der Waals surface area (Å²) in [5.41, 5.74) is 0.586. The lowest BCUT2D eigenvalue weighted by molar-refractivity contribution is 0.0921. The lowest BCUT2D eigenvalue weighted by atomic mass is 9.92. The van der Waals surface area contributed by atoms with Crippen LogP contribution in [0.15, 0.2) is 18.2 Å². The number of carbonyl (C=O) groups is 1. The summed E-state index contributed by atoms with van der Waals surface area (Å²) in [6.45, 7) is 4.11. The first-order valence-electron chi connectivity index (χ1n) is 7.39. The third-order valence-electron chi connectivity index (χ3n) is 4.05. The summed E-state index contributed by atoms with van der Waals surface area (Å²) in [6, 6.07) is 5.36. The Morgan fingerprint density at radius 1 is 1.32 bits per heavy atom. The summed E-state index contributed by atoms with van der Waals surface area (Å²) in [5, 5.41) is 6.45. The Labute approximate surface area is 138 Å². The predicted molar refractivity (Wildman–Crippen MR) is 89.3 cm³/mol. The van der Waals surface area contributed by atoms with Crippen LogP contribution in [0.2, 0.25) is 0 Å². The van der Waals surface area contributed by atoms with Crippen LogP contribution in [0.25, 0.3) is 0 Å². The van der Waals surface area contributed by atoms with Crippen LogP contribution in [0, 0.1) is 5.92 Å². The van der Waals surface area contributed by atoms with Crippen LogP contribution in [-0.2, 0) is 0 Å². The number of nitrogens with one attached hydrogen (secondary N) is 2. The number of rotatable bonds is 5. The Morgan fingerprint density at radius 2 is 2.05 bits per heavy atom. The number of carbonyl (C=O) groups excluding carboxylic acids is 1. The SMILES string of the molecule is COc1ccc(C(=O)NC(C)C2CCCNC2)cc1OC.Cl. The van der Waals surface area contributed by atoms with Crippen molar-refractivity contribution in [1.82, 2.24) is 10.6 Å². The third kappa shape index (κ3) is 4.52. The number of amides is 1. The number of halogens is 1. The van der Waals surface area contributed by atoms with Crippen molar-refractivity contribution >= 4 is 18.3 Å². The first-order chi connectivity index (χ1) is 10.2. The van der Waals surface area contributed by atoms with Gasteiger partial charge < -0.3 is 20.1 Å². The molecule has 0 saturated carbocycles. The van der Waals surface area contributed by atoms with Crippen LogP contribution in [-0.4, -0.2) is 39.3 Å². The second-order valence-corrected chi connectivity index (χ2v) is 5.44. The second kappa shape index (κ2) is 8.86. The zero-order valence-electron chi connectivity index (χ0n) is 13.3. The molecule has 0 aromatic heterocycles. The normalized spacial score (nSPS) is 18.8. The van der Waals surface area contributed by atoms with Gasteiger partial charge in [-0.25, -0.2) is 0 Å². The number of ether oxygens (including phenoxy) is 2. The van der Waals surface area contributed by atoms with Gasteiger partial charge in [0.05, 0.1) is 14.2 Å². The van der Waals surface area contributed by atoms with Gasteiger partial charge in [0.2, 0.25) is 0 Å². The van der Waals surface area contributed by atoms with Gasteiger partial charge in [-0.2, -0.15) is 0 Å². The standard InChI is InChI=1S/C16H24N2O3.ClH/c1-11(13-5-4-8-17-10-13)18-16(19)12-6-7-14(20-2)15(9-12)21-3;/h6-7,9,11,13,17H,4-5,8,10H2,1-3H3,(H,18,19);1H. The molecule has 5 nitrogen and oxygen atoms in total. The summed E-state index contributed by atoms with van der Waals surface area (Å²) < 4.78 is 10.4. The van der Waals surface area contributed by atoms with Crippen LogP contribution in [0.3, 0.4) is 0 Å². The molecule has 22 heavy (non-hydrogen) atoms.